The van der Waals surface area contributed by atoms with Gasteiger partial charge in [-0.25, -0.2) is 24.0 Å². The van der Waals surface area contributed by atoms with E-state index in [0.717, 1.165) is 19.3 Å². The number of hydrazine groups is 1. The maximum Gasteiger partial charge on any atom is 0.242 e. The van der Waals surface area contributed by atoms with E-state index in [4.69, 9.17) is 5.84 Å². The van der Waals surface area contributed by atoms with Crippen LogP contribution in [0.5, 0.6) is 0 Å². The number of rotatable bonds is 9. The lowest BCUT2D eigenvalue weighted by Gasteiger charge is -2.14. The smallest absolute Gasteiger partial charge is 0.242 e. The van der Waals surface area contributed by atoms with E-state index in [2.05, 4.69) is 22.1 Å². The van der Waals surface area contributed by atoms with Gasteiger partial charge in [-0.2, -0.15) is 0 Å². The van der Waals surface area contributed by atoms with Gasteiger partial charge in [-0.1, -0.05) is 32.6 Å². The first-order valence-electron chi connectivity index (χ1n) is 6.94. The third-order valence-electron chi connectivity index (χ3n) is 3.04. The van der Waals surface area contributed by atoms with Crippen LogP contribution in [-0.4, -0.2) is 19.4 Å². The molecule has 0 radical (unpaired) electrons. The van der Waals surface area contributed by atoms with Crippen LogP contribution in [0.3, 0.4) is 0 Å². The summed E-state index contributed by atoms with van der Waals surface area (Å²) in [6, 6.07) is 2.93. The first-order chi connectivity index (χ1) is 9.49. The highest BCUT2D eigenvalue weighted by atomic mass is 32.2. The van der Waals surface area contributed by atoms with E-state index in [1.54, 1.807) is 0 Å². The lowest BCUT2D eigenvalue weighted by molar-refractivity contribution is 0.522. The fraction of sp³-hybridized carbons (Fsp3) is 0.615. The van der Waals surface area contributed by atoms with Crippen LogP contribution in [-0.2, 0) is 10.0 Å². The molecule has 7 heteroatoms. The van der Waals surface area contributed by atoms with E-state index in [1.165, 1.54) is 31.2 Å². The predicted octanol–water partition coefficient (Wildman–Crippen LogP) is 2.00. The van der Waals surface area contributed by atoms with Crippen LogP contribution >= 0.6 is 0 Å². The van der Waals surface area contributed by atoms with Gasteiger partial charge in [0.2, 0.25) is 10.0 Å². The third kappa shape index (κ3) is 5.44. The Bertz CT molecular complexity index is 488. The molecule has 4 N–H and O–H groups in total. The summed E-state index contributed by atoms with van der Waals surface area (Å²) < 4.78 is 26.9. The van der Waals surface area contributed by atoms with E-state index in [-0.39, 0.29) is 10.9 Å². The summed E-state index contributed by atoms with van der Waals surface area (Å²) in [6.45, 7) is 4.03. The molecule has 1 heterocycles. The molecular formula is C13H24N4O2S. The fourth-order valence-corrected chi connectivity index (χ4v) is 3.12. The number of hydrogen-bond acceptors (Lipinski definition) is 5. The van der Waals surface area contributed by atoms with E-state index < -0.39 is 10.0 Å². The van der Waals surface area contributed by atoms with Crippen LogP contribution in [0.2, 0.25) is 0 Å². The van der Waals surface area contributed by atoms with E-state index in [1.807, 2.05) is 6.92 Å². The molecule has 0 fully saturated rings. The van der Waals surface area contributed by atoms with E-state index >= 15 is 0 Å². The summed E-state index contributed by atoms with van der Waals surface area (Å²) >= 11 is 0. The summed E-state index contributed by atoms with van der Waals surface area (Å²) in [7, 11) is -3.51. The van der Waals surface area contributed by atoms with Crippen molar-refractivity contribution in [1.29, 1.82) is 0 Å². The number of unbranched alkanes of at least 4 members (excludes halogenated alkanes) is 3. The van der Waals surface area contributed by atoms with Crippen molar-refractivity contribution in [2.24, 2.45) is 5.84 Å². The molecule has 1 atom stereocenters. The van der Waals surface area contributed by atoms with Crippen LogP contribution in [0.1, 0.15) is 46.0 Å². The van der Waals surface area contributed by atoms with Gasteiger partial charge in [0.05, 0.1) is 0 Å². The van der Waals surface area contributed by atoms with Crippen LogP contribution in [0.25, 0.3) is 0 Å². The Morgan fingerprint density at radius 1 is 1.30 bits per heavy atom. The van der Waals surface area contributed by atoms with Gasteiger partial charge in [0, 0.05) is 12.2 Å². The van der Waals surface area contributed by atoms with Gasteiger partial charge in [0.15, 0.2) is 0 Å². The van der Waals surface area contributed by atoms with E-state index in [9.17, 15) is 8.42 Å². The molecule has 1 unspecified atom stereocenters. The molecule has 1 rings (SSSR count). The molecule has 114 valence electrons. The van der Waals surface area contributed by atoms with Gasteiger partial charge in [-0.3, -0.25) is 0 Å². The van der Waals surface area contributed by atoms with Crippen LogP contribution in [0, 0.1) is 0 Å². The average molecular weight is 300 g/mol. The molecule has 0 spiro atoms. The summed E-state index contributed by atoms with van der Waals surface area (Å²) in [5.74, 6) is 5.62. The number of nitrogens with one attached hydrogen (secondary N) is 2. The Kier molecular flexibility index (Phi) is 6.90. The van der Waals surface area contributed by atoms with Gasteiger partial charge in [-0.15, -0.1) is 0 Å². The molecule has 0 saturated carbocycles. The van der Waals surface area contributed by atoms with Crippen LogP contribution in [0.15, 0.2) is 23.2 Å². The highest BCUT2D eigenvalue weighted by Crippen LogP contribution is 2.12. The molecule has 6 nitrogen and oxygen atoms in total. The fourth-order valence-electron chi connectivity index (χ4n) is 1.89. The molecule has 0 aliphatic heterocycles. The van der Waals surface area contributed by atoms with Crippen molar-refractivity contribution in [1.82, 2.24) is 9.71 Å². The first kappa shape index (κ1) is 16.9. The zero-order valence-corrected chi connectivity index (χ0v) is 12.9. The number of nitrogen functional groups attached to an aromatic ring is 1. The van der Waals surface area contributed by atoms with E-state index in [0.29, 0.717) is 5.82 Å². The minimum Gasteiger partial charge on any atom is -0.308 e. The number of pyridine rings is 1. The van der Waals surface area contributed by atoms with Gasteiger partial charge in [0.25, 0.3) is 0 Å². The summed E-state index contributed by atoms with van der Waals surface area (Å²) in [4.78, 5) is 4.05. The number of sulfonamides is 1. The monoisotopic (exact) mass is 300 g/mol. The number of anilines is 1. The van der Waals surface area contributed by atoms with Gasteiger partial charge < -0.3 is 5.43 Å². The maximum atomic E-state index is 12.1. The number of nitrogens with zero attached hydrogens (tertiary/aromatic N) is 1. The molecule has 1 aromatic heterocycles. The number of nitrogens with two attached hydrogens (primary N) is 1. The molecule has 0 aromatic carbocycles. The van der Waals surface area contributed by atoms with Crippen molar-refractivity contribution < 1.29 is 8.42 Å². The van der Waals surface area contributed by atoms with Crippen molar-refractivity contribution in [3.8, 4) is 0 Å². The highest BCUT2D eigenvalue weighted by molar-refractivity contribution is 7.89. The van der Waals surface area contributed by atoms with Gasteiger partial charge in [0.1, 0.15) is 10.7 Å². The number of hydrogen-bond donors (Lipinski definition) is 3. The van der Waals surface area contributed by atoms with Crippen LogP contribution < -0.4 is 16.0 Å². The second kappa shape index (κ2) is 8.18. The zero-order valence-electron chi connectivity index (χ0n) is 12.1. The molecule has 0 aliphatic rings. The lowest BCUT2D eigenvalue weighted by atomic mass is 10.1. The van der Waals surface area contributed by atoms with Crippen molar-refractivity contribution >= 4 is 15.8 Å². The Morgan fingerprint density at radius 2 is 2.05 bits per heavy atom. The molecular weight excluding hydrogens is 276 g/mol. The average Bonchev–Trinajstić information content (AvgIpc) is 2.43. The predicted molar refractivity (Wildman–Crippen MR) is 80.6 cm³/mol. The normalized spacial score (nSPS) is 13.2. The van der Waals surface area contributed by atoms with Crippen molar-refractivity contribution in [3.63, 3.8) is 0 Å². The zero-order chi connectivity index (χ0) is 15.0. The number of aromatic nitrogens is 1. The van der Waals surface area contributed by atoms with Crippen molar-refractivity contribution in [3.05, 3.63) is 18.3 Å². The molecule has 1 aromatic rings. The Balaban J connectivity index is 2.55. The SMILES string of the molecule is CCCCCCC(C)NS(=O)(=O)c1ccc(NN)nc1. The topological polar surface area (TPSA) is 97.1 Å². The second-order valence-electron chi connectivity index (χ2n) is 4.90. The van der Waals surface area contributed by atoms with Gasteiger partial charge >= 0.3 is 0 Å². The molecule has 20 heavy (non-hydrogen) atoms. The molecule has 0 amide bonds. The Morgan fingerprint density at radius 3 is 2.60 bits per heavy atom. The van der Waals surface area contributed by atoms with Crippen LogP contribution in [0.4, 0.5) is 5.82 Å². The van der Waals surface area contributed by atoms with Crippen molar-refractivity contribution in [2.75, 3.05) is 5.43 Å². The summed E-state index contributed by atoms with van der Waals surface area (Å²) in [5.41, 5.74) is 2.36. The minimum atomic E-state index is -3.51. The minimum absolute atomic E-state index is 0.0795. The quantitative estimate of drug-likeness (QED) is 0.368. The Labute approximate surface area is 121 Å². The largest absolute Gasteiger partial charge is 0.308 e. The Hall–Kier alpha value is -1.18. The molecule has 0 bridgehead atoms. The maximum absolute atomic E-state index is 12.1. The van der Waals surface area contributed by atoms with Crippen molar-refractivity contribution in [2.45, 2.75) is 56.9 Å². The standard InChI is InChI=1S/C13H24N4O2S/c1-3-4-5-6-7-11(2)17-20(18,19)12-8-9-13(16-14)15-10-12/h8-11,17H,3-7,14H2,1-2H3,(H,15,16). The second-order valence-corrected chi connectivity index (χ2v) is 6.61. The third-order valence-corrected chi connectivity index (χ3v) is 4.62. The highest BCUT2D eigenvalue weighted by Gasteiger charge is 2.17. The molecule has 0 saturated heterocycles. The lowest BCUT2D eigenvalue weighted by Crippen LogP contribution is -2.32. The molecule has 0 aliphatic carbocycles. The van der Waals surface area contributed by atoms with Gasteiger partial charge in [-0.05, 0) is 25.5 Å². The summed E-state index contributed by atoms with van der Waals surface area (Å²) in [5, 5.41) is 0. The summed E-state index contributed by atoms with van der Waals surface area (Å²) in [6.07, 6.45) is 6.67. The first-order valence-corrected chi connectivity index (χ1v) is 8.43.